The summed E-state index contributed by atoms with van der Waals surface area (Å²) in [5.74, 6) is -1.37. The van der Waals surface area contributed by atoms with Crippen molar-refractivity contribution in [1.29, 1.82) is 0 Å². The zero-order valence-corrected chi connectivity index (χ0v) is 16.8. The van der Waals surface area contributed by atoms with Crippen molar-refractivity contribution in [2.45, 2.75) is 11.8 Å². The molecule has 0 aromatic heterocycles. The van der Waals surface area contributed by atoms with Crippen LogP contribution in [0, 0.1) is 18.6 Å². The van der Waals surface area contributed by atoms with E-state index in [1.165, 1.54) is 26.4 Å². The fraction of sp³-hybridized carbons (Fsp3) is 0.143. The minimum atomic E-state index is -4.01. The Morgan fingerprint density at radius 1 is 0.862 bits per heavy atom. The van der Waals surface area contributed by atoms with Crippen molar-refractivity contribution in [3.63, 3.8) is 0 Å². The highest BCUT2D eigenvalue weighted by molar-refractivity contribution is 7.92. The van der Waals surface area contributed by atoms with Crippen LogP contribution in [0.1, 0.15) is 5.56 Å². The lowest BCUT2D eigenvalue weighted by Gasteiger charge is -2.17. The third-order valence-corrected chi connectivity index (χ3v) is 5.80. The average molecular weight is 419 g/mol. The van der Waals surface area contributed by atoms with Gasteiger partial charge in [-0.3, -0.25) is 4.72 Å². The van der Waals surface area contributed by atoms with Crippen LogP contribution in [0.2, 0.25) is 0 Å². The van der Waals surface area contributed by atoms with Gasteiger partial charge in [0.05, 0.1) is 24.8 Å². The van der Waals surface area contributed by atoms with Gasteiger partial charge in [-0.1, -0.05) is 18.2 Å². The molecule has 1 N–H and O–H groups in total. The number of methoxy groups -OCH3 is 2. The van der Waals surface area contributed by atoms with Crippen molar-refractivity contribution >= 4 is 15.7 Å². The Labute approximate surface area is 168 Å². The second-order valence-electron chi connectivity index (χ2n) is 6.24. The normalized spacial score (nSPS) is 11.2. The maximum atomic E-state index is 14.0. The summed E-state index contributed by atoms with van der Waals surface area (Å²) >= 11 is 0. The topological polar surface area (TPSA) is 64.6 Å². The first-order valence-electron chi connectivity index (χ1n) is 8.56. The maximum Gasteiger partial charge on any atom is 0.261 e. The molecule has 29 heavy (non-hydrogen) atoms. The second kappa shape index (κ2) is 8.08. The summed E-state index contributed by atoms with van der Waals surface area (Å²) in [6.07, 6.45) is 0. The molecule has 0 spiro atoms. The van der Waals surface area contributed by atoms with E-state index in [-0.39, 0.29) is 16.1 Å². The monoisotopic (exact) mass is 419 g/mol. The number of hydrogen-bond donors (Lipinski definition) is 1. The van der Waals surface area contributed by atoms with Gasteiger partial charge in [-0.25, -0.2) is 17.2 Å². The molecule has 0 aliphatic rings. The summed E-state index contributed by atoms with van der Waals surface area (Å²) in [7, 11) is -1.08. The number of sulfonamides is 1. The van der Waals surface area contributed by atoms with Crippen LogP contribution in [0.25, 0.3) is 11.1 Å². The molecule has 0 bridgehead atoms. The van der Waals surface area contributed by atoms with Crippen molar-refractivity contribution in [3.05, 3.63) is 71.8 Å². The van der Waals surface area contributed by atoms with Gasteiger partial charge in [0.25, 0.3) is 10.0 Å². The minimum Gasteiger partial charge on any atom is -0.496 e. The molecule has 0 atom stereocenters. The van der Waals surface area contributed by atoms with Crippen LogP contribution in [0.4, 0.5) is 14.5 Å². The Hall–Kier alpha value is -3.13. The quantitative estimate of drug-likeness (QED) is 0.626. The number of ether oxygens (including phenoxy) is 2. The SMILES string of the molecule is COc1cc(-c2cc(F)c(F)cc2NS(=O)(=O)c2ccccc2)cc(OC)c1C. The molecular formula is C21H19F2NO4S. The summed E-state index contributed by atoms with van der Waals surface area (Å²) in [6.45, 7) is 1.78. The van der Waals surface area contributed by atoms with Crippen molar-refractivity contribution < 1.29 is 26.7 Å². The molecule has 152 valence electrons. The summed E-state index contributed by atoms with van der Waals surface area (Å²) in [5.41, 5.74) is 1.14. The zero-order valence-electron chi connectivity index (χ0n) is 16.0. The molecule has 0 fully saturated rings. The Bertz CT molecular complexity index is 1120. The van der Waals surface area contributed by atoms with Crippen LogP contribution in [0.5, 0.6) is 11.5 Å². The molecule has 0 aliphatic heterocycles. The summed E-state index contributed by atoms with van der Waals surface area (Å²) in [4.78, 5) is -0.00486. The lowest BCUT2D eigenvalue weighted by Crippen LogP contribution is -2.14. The van der Waals surface area contributed by atoms with Gasteiger partial charge in [0.2, 0.25) is 0 Å². The van der Waals surface area contributed by atoms with E-state index in [0.717, 1.165) is 12.1 Å². The third kappa shape index (κ3) is 4.17. The van der Waals surface area contributed by atoms with E-state index >= 15 is 0 Å². The van der Waals surface area contributed by atoms with E-state index in [1.807, 2.05) is 0 Å². The summed E-state index contributed by atoms with van der Waals surface area (Å²) in [6, 6.07) is 12.6. The third-order valence-electron chi connectivity index (χ3n) is 4.42. The van der Waals surface area contributed by atoms with Crippen LogP contribution in [0.3, 0.4) is 0 Å². The predicted molar refractivity (Wildman–Crippen MR) is 107 cm³/mol. The molecule has 3 aromatic rings. The molecule has 0 radical (unpaired) electrons. The van der Waals surface area contributed by atoms with Crippen LogP contribution < -0.4 is 14.2 Å². The first-order valence-corrected chi connectivity index (χ1v) is 10.0. The average Bonchev–Trinajstić information content (AvgIpc) is 2.71. The van der Waals surface area contributed by atoms with E-state index in [1.54, 1.807) is 37.3 Å². The van der Waals surface area contributed by atoms with Gasteiger partial charge in [-0.2, -0.15) is 0 Å². The van der Waals surface area contributed by atoms with Gasteiger partial charge in [0.15, 0.2) is 11.6 Å². The van der Waals surface area contributed by atoms with Gasteiger partial charge in [0, 0.05) is 17.2 Å². The molecule has 5 nitrogen and oxygen atoms in total. The van der Waals surface area contributed by atoms with Crippen LogP contribution in [-0.2, 0) is 10.0 Å². The molecule has 8 heteroatoms. The molecule has 0 aliphatic carbocycles. The van der Waals surface area contributed by atoms with E-state index in [9.17, 15) is 17.2 Å². The number of rotatable bonds is 6. The lowest BCUT2D eigenvalue weighted by molar-refractivity contribution is 0.389. The molecule has 0 unspecified atom stereocenters. The molecule has 3 rings (SSSR count). The number of nitrogens with one attached hydrogen (secondary N) is 1. The number of anilines is 1. The summed E-state index contributed by atoms with van der Waals surface area (Å²) < 4.78 is 66.4. The van der Waals surface area contributed by atoms with Gasteiger partial charge in [0.1, 0.15) is 11.5 Å². The van der Waals surface area contributed by atoms with Crippen LogP contribution in [0.15, 0.2) is 59.5 Å². The first kappa shape index (κ1) is 20.6. The second-order valence-corrected chi connectivity index (χ2v) is 7.92. The van der Waals surface area contributed by atoms with E-state index in [2.05, 4.69) is 4.72 Å². The first-order chi connectivity index (χ1) is 13.8. The van der Waals surface area contributed by atoms with Crippen molar-refractivity contribution in [2.75, 3.05) is 18.9 Å². The largest absolute Gasteiger partial charge is 0.496 e. The van der Waals surface area contributed by atoms with E-state index < -0.39 is 21.7 Å². The standard InChI is InChI=1S/C21H19F2NO4S/c1-13-20(27-2)9-14(10-21(13)28-3)16-11-17(22)18(23)12-19(16)24-29(25,26)15-7-5-4-6-8-15/h4-12,24H,1-3H3. The van der Waals surface area contributed by atoms with Crippen molar-refractivity contribution in [3.8, 4) is 22.6 Å². The predicted octanol–water partition coefficient (Wildman–Crippen LogP) is 4.76. The molecule has 0 saturated heterocycles. The highest BCUT2D eigenvalue weighted by Gasteiger charge is 2.20. The molecule has 0 heterocycles. The zero-order chi connectivity index (χ0) is 21.2. The van der Waals surface area contributed by atoms with Crippen molar-refractivity contribution in [1.82, 2.24) is 0 Å². The lowest BCUT2D eigenvalue weighted by atomic mass is 10.0. The van der Waals surface area contributed by atoms with Gasteiger partial charge >= 0.3 is 0 Å². The molecular weight excluding hydrogens is 400 g/mol. The number of benzene rings is 3. The fourth-order valence-corrected chi connectivity index (χ4v) is 4.01. The Balaban J connectivity index is 2.18. The van der Waals surface area contributed by atoms with Crippen molar-refractivity contribution in [2.24, 2.45) is 0 Å². The number of hydrogen-bond acceptors (Lipinski definition) is 4. The molecule has 0 saturated carbocycles. The van der Waals surface area contributed by atoms with Gasteiger partial charge in [-0.15, -0.1) is 0 Å². The Kier molecular flexibility index (Phi) is 5.74. The van der Waals surface area contributed by atoms with Gasteiger partial charge in [-0.05, 0) is 42.8 Å². The maximum absolute atomic E-state index is 14.0. The van der Waals surface area contributed by atoms with Gasteiger partial charge < -0.3 is 9.47 Å². The minimum absolute atomic E-state index is 0.00486. The molecule has 0 amide bonds. The van der Waals surface area contributed by atoms with Crippen LogP contribution in [-0.4, -0.2) is 22.6 Å². The highest BCUT2D eigenvalue weighted by atomic mass is 32.2. The Morgan fingerprint density at radius 3 is 1.97 bits per heavy atom. The Morgan fingerprint density at radius 2 is 1.41 bits per heavy atom. The van der Waals surface area contributed by atoms with E-state index in [4.69, 9.17) is 9.47 Å². The summed E-state index contributed by atoms with van der Waals surface area (Å²) in [5, 5.41) is 0. The smallest absolute Gasteiger partial charge is 0.261 e. The van der Waals surface area contributed by atoms with E-state index in [0.29, 0.717) is 22.6 Å². The highest BCUT2D eigenvalue weighted by Crippen LogP contribution is 2.38. The fourth-order valence-electron chi connectivity index (χ4n) is 2.92. The number of halogens is 2. The molecule has 3 aromatic carbocycles. The van der Waals surface area contributed by atoms with Crippen LogP contribution >= 0.6 is 0 Å².